The van der Waals surface area contributed by atoms with Crippen LogP contribution in [0.1, 0.15) is 26.4 Å². The lowest BCUT2D eigenvalue weighted by Gasteiger charge is -2.14. The van der Waals surface area contributed by atoms with Gasteiger partial charge in [-0.05, 0) is 24.3 Å². The Hall–Kier alpha value is -4.07. The fourth-order valence-corrected chi connectivity index (χ4v) is 3.00. The number of alkyl halides is 4. The predicted octanol–water partition coefficient (Wildman–Crippen LogP) is 2.99. The van der Waals surface area contributed by atoms with Crippen molar-refractivity contribution < 1.29 is 41.0 Å². The molecule has 1 heterocycles. The fourth-order valence-electron chi connectivity index (χ4n) is 3.00. The Morgan fingerprint density at radius 3 is 2.51 bits per heavy atom. The summed E-state index contributed by atoms with van der Waals surface area (Å²) in [6.45, 7) is -2.53. The van der Waals surface area contributed by atoms with E-state index >= 15 is 0 Å². The molecule has 0 fully saturated rings. The maximum atomic E-state index is 13.8. The molecule has 0 aliphatic rings. The summed E-state index contributed by atoms with van der Waals surface area (Å²) in [5.74, 6) is -2.09. The van der Waals surface area contributed by atoms with Gasteiger partial charge in [0.1, 0.15) is 37.1 Å². The van der Waals surface area contributed by atoms with Crippen molar-refractivity contribution in [2.45, 2.75) is 12.7 Å². The van der Waals surface area contributed by atoms with Crippen LogP contribution in [0.4, 0.5) is 22.0 Å². The average Bonchev–Trinajstić information content (AvgIpc) is 3.36. The van der Waals surface area contributed by atoms with Crippen LogP contribution in [-0.2, 0) is 11.3 Å². The van der Waals surface area contributed by atoms with Gasteiger partial charge in [-0.3, -0.25) is 9.59 Å². The number of nitrogens with zero attached hydrogens (tertiary/aromatic N) is 3. The number of hydrogen-bond donors (Lipinski definition) is 2. The van der Waals surface area contributed by atoms with Gasteiger partial charge in [-0.2, -0.15) is 13.2 Å². The monoisotopic (exact) mass is 527 g/mol. The molecular weight excluding hydrogens is 505 g/mol. The van der Waals surface area contributed by atoms with Crippen LogP contribution < -0.4 is 15.4 Å². The Bertz CT molecular complexity index is 1220. The van der Waals surface area contributed by atoms with Gasteiger partial charge < -0.3 is 20.1 Å². The summed E-state index contributed by atoms with van der Waals surface area (Å²) in [4.78, 5) is 24.6. The number of carbonyl (C=O) groups excluding carboxylic acids is 2. The van der Waals surface area contributed by atoms with Crippen molar-refractivity contribution in [1.29, 1.82) is 0 Å². The van der Waals surface area contributed by atoms with Gasteiger partial charge in [0.2, 0.25) is 0 Å². The number of amides is 2. The van der Waals surface area contributed by atoms with Gasteiger partial charge in [0.15, 0.2) is 5.69 Å². The SMILES string of the molecule is O=C(NCC(F)(F)F)c1ccc(-n2cc(C(=O)NCc3ccccc3F)nn2)c(OCCOCCF)c1. The van der Waals surface area contributed by atoms with Crippen LogP contribution in [0.15, 0.2) is 48.7 Å². The Morgan fingerprint density at radius 1 is 1.00 bits per heavy atom. The lowest BCUT2D eigenvalue weighted by Crippen LogP contribution is -2.33. The molecule has 2 aromatic carbocycles. The predicted molar refractivity (Wildman–Crippen MR) is 120 cm³/mol. The van der Waals surface area contributed by atoms with E-state index in [2.05, 4.69) is 15.6 Å². The molecule has 0 atom stereocenters. The zero-order chi connectivity index (χ0) is 26.8. The third kappa shape index (κ3) is 8.24. The normalized spacial score (nSPS) is 11.3. The molecule has 0 spiro atoms. The van der Waals surface area contributed by atoms with Crippen molar-refractivity contribution in [1.82, 2.24) is 25.6 Å². The average molecular weight is 527 g/mol. The van der Waals surface area contributed by atoms with Crippen LogP contribution in [0, 0.1) is 5.82 Å². The second-order valence-corrected chi connectivity index (χ2v) is 7.45. The van der Waals surface area contributed by atoms with E-state index in [0.717, 1.165) is 4.68 Å². The minimum atomic E-state index is -4.59. The van der Waals surface area contributed by atoms with Gasteiger partial charge in [0.25, 0.3) is 11.8 Å². The van der Waals surface area contributed by atoms with Crippen molar-refractivity contribution in [2.24, 2.45) is 0 Å². The molecule has 0 radical (unpaired) electrons. The number of rotatable bonds is 12. The topological polar surface area (TPSA) is 107 Å². The maximum absolute atomic E-state index is 13.8. The van der Waals surface area contributed by atoms with Gasteiger partial charge in [-0.25, -0.2) is 13.5 Å². The number of hydrogen-bond acceptors (Lipinski definition) is 6. The van der Waals surface area contributed by atoms with Crippen LogP contribution >= 0.6 is 0 Å². The molecule has 0 bridgehead atoms. The Kier molecular flexibility index (Phi) is 9.49. The van der Waals surface area contributed by atoms with Gasteiger partial charge in [0.05, 0.1) is 19.4 Å². The van der Waals surface area contributed by atoms with Crippen molar-refractivity contribution in [3.8, 4) is 11.4 Å². The van der Waals surface area contributed by atoms with Gasteiger partial charge in [-0.1, -0.05) is 23.4 Å². The second kappa shape index (κ2) is 12.8. The Labute approximate surface area is 207 Å². The molecule has 0 aliphatic heterocycles. The van der Waals surface area contributed by atoms with E-state index in [1.54, 1.807) is 11.4 Å². The van der Waals surface area contributed by atoms with Crippen molar-refractivity contribution in [3.63, 3.8) is 0 Å². The van der Waals surface area contributed by atoms with E-state index in [4.69, 9.17) is 9.47 Å². The first-order chi connectivity index (χ1) is 17.7. The minimum absolute atomic E-state index is 0.00504. The quantitative estimate of drug-likeness (QED) is 0.277. The van der Waals surface area contributed by atoms with Gasteiger partial charge in [-0.15, -0.1) is 5.10 Å². The molecule has 198 valence electrons. The standard InChI is InChI=1S/C23H22F5N5O4/c24-7-8-36-9-10-37-20-11-15(21(34)30-14-23(26,27)28)5-6-19(20)33-13-18(31-32-33)22(35)29-12-16-3-1-2-4-17(16)25/h1-6,11,13H,7-10,12,14H2,(H,29,35)(H,30,34). The first kappa shape index (κ1) is 27.5. The summed E-state index contributed by atoms with van der Waals surface area (Å²) in [6, 6.07) is 9.69. The largest absolute Gasteiger partial charge is 0.489 e. The van der Waals surface area contributed by atoms with E-state index in [1.165, 1.54) is 42.6 Å². The van der Waals surface area contributed by atoms with Crippen LogP contribution in [0.3, 0.4) is 0 Å². The number of nitrogens with one attached hydrogen (secondary N) is 2. The molecule has 0 aliphatic carbocycles. The van der Waals surface area contributed by atoms with Gasteiger partial charge >= 0.3 is 6.18 Å². The Morgan fingerprint density at radius 2 is 1.78 bits per heavy atom. The number of aromatic nitrogens is 3. The highest BCUT2D eigenvalue weighted by Crippen LogP contribution is 2.25. The van der Waals surface area contributed by atoms with Crippen molar-refractivity contribution >= 4 is 11.8 Å². The molecule has 2 amide bonds. The highest BCUT2D eigenvalue weighted by Gasteiger charge is 2.28. The highest BCUT2D eigenvalue weighted by atomic mass is 19.4. The van der Waals surface area contributed by atoms with Gasteiger partial charge in [0, 0.05) is 17.7 Å². The van der Waals surface area contributed by atoms with Crippen molar-refractivity contribution in [2.75, 3.05) is 33.0 Å². The minimum Gasteiger partial charge on any atom is -0.489 e. The van der Waals surface area contributed by atoms with Crippen LogP contribution in [0.5, 0.6) is 5.75 Å². The van der Waals surface area contributed by atoms with Crippen molar-refractivity contribution in [3.05, 3.63) is 71.3 Å². The summed E-state index contributed by atoms with van der Waals surface area (Å²) in [7, 11) is 0. The van der Waals surface area contributed by atoms with Crippen LogP contribution in [0.2, 0.25) is 0 Å². The van der Waals surface area contributed by atoms with E-state index in [0.29, 0.717) is 0 Å². The second-order valence-electron chi connectivity index (χ2n) is 7.45. The lowest BCUT2D eigenvalue weighted by molar-refractivity contribution is -0.123. The third-order valence-electron chi connectivity index (χ3n) is 4.75. The summed E-state index contributed by atoms with van der Waals surface area (Å²) in [5, 5.41) is 11.9. The maximum Gasteiger partial charge on any atom is 0.405 e. The molecule has 1 aromatic heterocycles. The summed E-state index contributed by atoms with van der Waals surface area (Å²) >= 11 is 0. The fraction of sp³-hybridized carbons (Fsp3) is 0.304. The molecule has 0 unspecified atom stereocenters. The van der Waals surface area contributed by atoms with Crippen LogP contribution in [0.25, 0.3) is 5.69 Å². The van der Waals surface area contributed by atoms with E-state index in [9.17, 15) is 31.5 Å². The summed E-state index contributed by atoms with van der Waals surface area (Å²) in [6.07, 6.45) is -3.34. The zero-order valence-electron chi connectivity index (χ0n) is 19.2. The third-order valence-corrected chi connectivity index (χ3v) is 4.75. The molecule has 9 nitrogen and oxygen atoms in total. The molecule has 14 heteroatoms. The van der Waals surface area contributed by atoms with E-state index < -0.39 is 37.0 Å². The summed E-state index contributed by atoms with van der Waals surface area (Å²) in [5.41, 5.74) is 0.239. The number of carbonyl (C=O) groups is 2. The van der Waals surface area contributed by atoms with E-state index in [1.807, 2.05) is 0 Å². The number of halogens is 5. The first-order valence-electron chi connectivity index (χ1n) is 10.9. The summed E-state index contributed by atoms with van der Waals surface area (Å²) < 4.78 is 75.1. The molecular formula is C23H22F5N5O4. The highest BCUT2D eigenvalue weighted by molar-refractivity contribution is 5.95. The zero-order valence-corrected chi connectivity index (χ0v) is 19.2. The van der Waals surface area contributed by atoms with Crippen LogP contribution in [-0.4, -0.2) is 66.0 Å². The lowest BCUT2D eigenvalue weighted by atomic mass is 10.1. The molecule has 37 heavy (non-hydrogen) atoms. The molecule has 0 saturated carbocycles. The molecule has 0 saturated heterocycles. The number of benzene rings is 2. The first-order valence-corrected chi connectivity index (χ1v) is 10.9. The molecule has 3 aromatic rings. The molecule has 3 rings (SSSR count). The Balaban J connectivity index is 1.76. The van der Waals surface area contributed by atoms with E-state index in [-0.39, 0.29) is 54.6 Å². The molecule has 2 N–H and O–H groups in total. The smallest absolute Gasteiger partial charge is 0.405 e. The number of ether oxygens (including phenoxy) is 2.